The van der Waals surface area contributed by atoms with E-state index in [4.69, 9.17) is 4.42 Å². The Balaban J connectivity index is 1.74. The highest BCUT2D eigenvalue weighted by molar-refractivity contribution is 7.92. The predicted octanol–water partition coefficient (Wildman–Crippen LogP) is 1.15. The summed E-state index contributed by atoms with van der Waals surface area (Å²) in [5.74, 6) is 0.611. The molecule has 1 N–H and O–H groups in total. The van der Waals surface area contributed by atoms with Crippen LogP contribution < -0.4 is 5.32 Å². The largest absolute Gasteiger partial charge is 0.459 e. The molecule has 3 atom stereocenters. The number of likely N-dealkylation sites (tertiary alicyclic amines) is 1. The minimum atomic E-state index is -3.07. The van der Waals surface area contributed by atoms with Gasteiger partial charge in [-0.1, -0.05) is 13.8 Å². The molecule has 0 aliphatic carbocycles. The van der Waals surface area contributed by atoms with E-state index in [0.717, 1.165) is 13.1 Å². The minimum Gasteiger partial charge on any atom is -0.459 e. The van der Waals surface area contributed by atoms with Crippen LogP contribution in [0, 0.1) is 11.8 Å². The number of nitrogens with zero attached hydrogens (tertiary/aromatic N) is 1. The van der Waals surface area contributed by atoms with Crippen LogP contribution in [0.1, 0.15) is 30.8 Å². The molecule has 0 spiro atoms. The second-order valence-corrected chi connectivity index (χ2v) is 9.37. The Morgan fingerprint density at radius 2 is 2.22 bits per heavy atom. The first-order chi connectivity index (χ1) is 10.9. The predicted molar refractivity (Wildman–Crippen MR) is 86.9 cm³/mol. The first kappa shape index (κ1) is 16.5. The van der Waals surface area contributed by atoms with E-state index in [1.54, 1.807) is 12.1 Å². The summed E-state index contributed by atoms with van der Waals surface area (Å²) < 4.78 is 29.9. The lowest BCUT2D eigenvalue weighted by Gasteiger charge is -2.33. The Morgan fingerprint density at radius 1 is 1.43 bits per heavy atom. The minimum absolute atomic E-state index is 0.0357. The smallest absolute Gasteiger partial charge is 0.287 e. The van der Waals surface area contributed by atoms with Gasteiger partial charge >= 0.3 is 0 Å². The fourth-order valence-corrected chi connectivity index (χ4v) is 5.93. The molecule has 2 fully saturated rings. The molecule has 1 aromatic rings. The third-order valence-corrected chi connectivity index (χ3v) is 6.99. The molecule has 0 saturated carbocycles. The summed E-state index contributed by atoms with van der Waals surface area (Å²) in [5, 5.41) is 2.62. The zero-order valence-corrected chi connectivity index (χ0v) is 14.4. The van der Waals surface area contributed by atoms with Crippen molar-refractivity contribution >= 4 is 15.7 Å². The first-order valence-corrected chi connectivity index (χ1v) is 9.86. The molecule has 23 heavy (non-hydrogen) atoms. The zero-order chi connectivity index (χ0) is 16.6. The SMILES string of the molecule is CC(C)CN1CC2C(NC(=O)c3ccco3)CCS(=O)(=O)C2C1. The molecule has 2 aliphatic heterocycles. The van der Waals surface area contributed by atoms with Gasteiger partial charge in [0.1, 0.15) is 0 Å². The highest BCUT2D eigenvalue weighted by atomic mass is 32.2. The van der Waals surface area contributed by atoms with Crippen LogP contribution in [0.2, 0.25) is 0 Å². The Bertz CT molecular complexity index is 654. The van der Waals surface area contributed by atoms with Crippen LogP contribution in [0.5, 0.6) is 0 Å². The molecule has 0 bridgehead atoms. The number of rotatable bonds is 4. The van der Waals surface area contributed by atoms with Crippen LogP contribution in [0.4, 0.5) is 0 Å². The number of furan rings is 1. The van der Waals surface area contributed by atoms with Gasteiger partial charge in [0, 0.05) is 31.6 Å². The molecule has 6 nitrogen and oxygen atoms in total. The van der Waals surface area contributed by atoms with Gasteiger partial charge in [-0.05, 0) is 24.5 Å². The standard InChI is InChI=1S/C16H24N2O4S/c1-11(2)8-18-9-12-13(5-7-23(20,21)15(12)10-18)17-16(19)14-4-3-6-22-14/h3-4,6,11-13,15H,5,7-10H2,1-2H3,(H,17,19). The molecule has 0 radical (unpaired) electrons. The number of carbonyl (C=O) groups is 1. The highest BCUT2D eigenvalue weighted by Gasteiger charge is 2.48. The van der Waals surface area contributed by atoms with Crippen LogP contribution in [0.15, 0.2) is 22.8 Å². The van der Waals surface area contributed by atoms with Crippen LogP contribution in [-0.2, 0) is 9.84 Å². The number of carbonyl (C=O) groups excluding carboxylic acids is 1. The molecule has 2 aliphatic rings. The van der Waals surface area contributed by atoms with Crippen LogP contribution >= 0.6 is 0 Å². The number of amides is 1. The summed E-state index contributed by atoms with van der Waals surface area (Å²) in [6.07, 6.45) is 1.94. The van der Waals surface area contributed by atoms with Gasteiger partial charge in [0.2, 0.25) is 0 Å². The second kappa shape index (κ2) is 6.28. The average Bonchev–Trinajstić information content (AvgIpc) is 3.10. The van der Waals surface area contributed by atoms with Crippen LogP contribution in [-0.4, -0.2) is 55.9 Å². The summed E-state index contributed by atoms with van der Waals surface area (Å²) in [6.45, 7) is 6.46. The molecule has 1 amide bonds. The lowest BCUT2D eigenvalue weighted by atomic mass is 9.95. The Kier molecular flexibility index (Phi) is 4.51. The number of hydrogen-bond donors (Lipinski definition) is 1. The summed E-state index contributed by atoms with van der Waals surface area (Å²) >= 11 is 0. The third-order valence-electron chi connectivity index (χ3n) is 4.76. The van der Waals surface area contributed by atoms with Crippen molar-refractivity contribution in [1.29, 1.82) is 0 Å². The van der Waals surface area contributed by atoms with Crippen LogP contribution in [0.3, 0.4) is 0 Å². The first-order valence-electron chi connectivity index (χ1n) is 8.15. The molecule has 1 aromatic heterocycles. The molecule has 0 aromatic carbocycles. The molecule has 7 heteroatoms. The number of nitrogens with one attached hydrogen (secondary N) is 1. The van der Waals surface area contributed by atoms with Crippen molar-refractivity contribution in [3.8, 4) is 0 Å². The molecular weight excluding hydrogens is 316 g/mol. The van der Waals surface area contributed by atoms with Crippen molar-refractivity contribution in [2.45, 2.75) is 31.6 Å². The van der Waals surface area contributed by atoms with E-state index in [1.165, 1.54) is 6.26 Å². The van der Waals surface area contributed by atoms with E-state index in [9.17, 15) is 13.2 Å². The van der Waals surface area contributed by atoms with Crippen molar-refractivity contribution in [2.24, 2.45) is 11.8 Å². The molecule has 128 valence electrons. The lowest BCUT2D eigenvalue weighted by Crippen LogP contribution is -2.51. The van der Waals surface area contributed by atoms with Gasteiger partial charge in [-0.3, -0.25) is 4.79 Å². The maximum Gasteiger partial charge on any atom is 0.287 e. The maximum atomic E-state index is 12.4. The van der Waals surface area contributed by atoms with Gasteiger partial charge in [0.05, 0.1) is 17.3 Å². The summed E-state index contributed by atoms with van der Waals surface area (Å²) in [4.78, 5) is 14.4. The second-order valence-electron chi connectivity index (χ2n) is 7.03. The molecular formula is C16H24N2O4S. The van der Waals surface area contributed by atoms with E-state index in [-0.39, 0.29) is 34.6 Å². The number of hydrogen-bond acceptors (Lipinski definition) is 5. The molecule has 3 rings (SSSR count). The molecule has 2 saturated heterocycles. The van der Waals surface area contributed by atoms with Gasteiger partial charge < -0.3 is 14.6 Å². The summed E-state index contributed by atoms with van der Waals surface area (Å²) in [5.41, 5.74) is 0. The van der Waals surface area contributed by atoms with Gasteiger partial charge in [-0.25, -0.2) is 8.42 Å². The van der Waals surface area contributed by atoms with E-state index in [1.807, 2.05) is 0 Å². The van der Waals surface area contributed by atoms with E-state index in [2.05, 4.69) is 24.1 Å². The van der Waals surface area contributed by atoms with Gasteiger partial charge in [0.15, 0.2) is 15.6 Å². The topological polar surface area (TPSA) is 79.6 Å². The van der Waals surface area contributed by atoms with E-state index in [0.29, 0.717) is 18.9 Å². The third kappa shape index (κ3) is 3.45. The average molecular weight is 340 g/mol. The van der Waals surface area contributed by atoms with Crippen molar-refractivity contribution in [2.75, 3.05) is 25.4 Å². The van der Waals surface area contributed by atoms with E-state index < -0.39 is 9.84 Å². The fraction of sp³-hybridized carbons (Fsp3) is 0.688. The lowest BCUT2D eigenvalue weighted by molar-refractivity contribution is 0.0890. The quantitative estimate of drug-likeness (QED) is 0.889. The van der Waals surface area contributed by atoms with Crippen molar-refractivity contribution in [3.63, 3.8) is 0 Å². The van der Waals surface area contributed by atoms with Crippen LogP contribution in [0.25, 0.3) is 0 Å². The van der Waals surface area contributed by atoms with E-state index >= 15 is 0 Å². The van der Waals surface area contributed by atoms with Gasteiger partial charge in [0.25, 0.3) is 5.91 Å². The molecule has 3 heterocycles. The summed E-state index contributed by atoms with van der Waals surface area (Å²) in [6, 6.07) is 3.17. The summed E-state index contributed by atoms with van der Waals surface area (Å²) in [7, 11) is -3.07. The maximum absolute atomic E-state index is 12.4. The highest BCUT2D eigenvalue weighted by Crippen LogP contribution is 2.33. The monoisotopic (exact) mass is 340 g/mol. The molecule has 3 unspecified atom stereocenters. The van der Waals surface area contributed by atoms with Crippen molar-refractivity contribution in [1.82, 2.24) is 10.2 Å². The Morgan fingerprint density at radius 3 is 2.87 bits per heavy atom. The van der Waals surface area contributed by atoms with Gasteiger partial charge in [-0.15, -0.1) is 0 Å². The van der Waals surface area contributed by atoms with Crippen molar-refractivity contribution < 1.29 is 17.6 Å². The van der Waals surface area contributed by atoms with Crippen molar-refractivity contribution in [3.05, 3.63) is 24.2 Å². The normalized spacial score (nSPS) is 30.3. The Labute approximate surface area is 137 Å². The number of fused-ring (bicyclic) bond motifs is 1. The zero-order valence-electron chi connectivity index (χ0n) is 13.6. The fourth-order valence-electron chi connectivity index (χ4n) is 3.79. The van der Waals surface area contributed by atoms with Gasteiger partial charge in [-0.2, -0.15) is 0 Å². The Hall–Kier alpha value is -1.34. The number of sulfone groups is 1.